The first-order chi connectivity index (χ1) is 10.1. The maximum absolute atomic E-state index is 7.78. The van der Waals surface area contributed by atoms with E-state index in [4.69, 9.17) is 16.1 Å². The summed E-state index contributed by atoms with van der Waals surface area (Å²) in [6.07, 6.45) is 3.27. The van der Waals surface area contributed by atoms with Crippen LogP contribution in [0.15, 0.2) is 35.4 Å². The first-order valence-electron chi connectivity index (χ1n) is 7.19. The van der Waals surface area contributed by atoms with Crippen molar-refractivity contribution in [2.75, 3.05) is 0 Å². The largest absolute Gasteiger partial charge is 0.384 e. The van der Waals surface area contributed by atoms with Gasteiger partial charge in [0, 0.05) is 17.0 Å². The van der Waals surface area contributed by atoms with Gasteiger partial charge in [-0.2, -0.15) is 0 Å². The number of nitrogens with zero attached hydrogens (tertiary/aromatic N) is 1. The van der Waals surface area contributed by atoms with E-state index in [1.165, 1.54) is 22.4 Å². The standard InChI is InChI=1S/C17H19N3S/c1-11-4-2-5-12(8-11)10-21-17-14(16(18)19)9-13-6-3-7-15(13)20-17/h2,4-5,8-9H,3,6-7,10H2,1H3,(H3,18,19). The molecular formula is C17H19N3S. The van der Waals surface area contributed by atoms with E-state index in [1.807, 2.05) is 0 Å². The number of aromatic nitrogens is 1. The van der Waals surface area contributed by atoms with Gasteiger partial charge in [-0.25, -0.2) is 4.98 Å². The second-order valence-corrected chi connectivity index (χ2v) is 6.46. The minimum Gasteiger partial charge on any atom is -0.384 e. The van der Waals surface area contributed by atoms with Crippen LogP contribution in [0.5, 0.6) is 0 Å². The summed E-state index contributed by atoms with van der Waals surface area (Å²) in [5.41, 5.74) is 11.5. The van der Waals surface area contributed by atoms with Crippen molar-refractivity contribution in [3.05, 3.63) is 58.3 Å². The Morgan fingerprint density at radius 2 is 2.19 bits per heavy atom. The van der Waals surface area contributed by atoms with Crippen molar-refractivity contribution in [2.24, 2.45) is 5.73 Å². The zero-order valence-electron chi connectivity index (χ0n) is 12.1. The number of benzene rings is 1. The molecule has 0 bridgehead atoms. The van der Waals surface area contributed by atoms with Crippen LogP contribution in [0.25, 0.3) is 0 Å². The molecule has 1 aromatic heterocycles. The fourth-order valence-corrected chi connectivity index (χ4v) is 3.69. The summed E-state index contributed by atoms with van der Waals surface area (Å²) < 4.78 is 0. The molecule has 1 aliphatic rings. The summed E-state index contributed by atoms with van der Waals surface area (Å²) in [7, 11) is 0. The molecule has 0 atom stereocenters. The minimum absolute atomic E-state index is 0.115. The van der Waals surface area contributed by atoms with E-state index in [2.05, 4.69) is 37.3 Å². The molecule has 0 spiro atoms. The van der Waals surface area contributed by atoms with Gasteiger partial charge in [0.05, 0.1) is 0 Å². The number of rotatable bonds is 4. The van der Waals surface area contributed by atoms with Crippen LogP contribution in [0.1, 0.15) is 34.4 Å². The van der Waals surface area contributed by atoms with Gasteiger partial charge < -0.3 is 5.73 Å². The highest BCUT2D eigenvalue weighted by Crippen LogP contribution is 2.30. The molecule has 2 aromatic rings. The highest BCUT2D eigenvalue weighted by Gasteiger charge is 2.18. The van der Waals surface area contributed by atoms with Crippen molar-refractivity contribution in [1.82, 2.24) is 4.98 Å². The fraction of sp³-hybridized carbons (Fsp3) is 0.294. The van der Waals surface area contributed by atoms with Crippen LogP contribution in [-0.4, -0.2) is 10.8 Å². The molecule has 0 fully saturated rings. The predicted molar refractivity (Wildman–Crippen MR) is 88.0 cm³/mol. The number of pyridine rings is 1. The number of hydrogen-bond acceptors (Lipinski definition) is 3. The van der Waals surface area contributed by atoms with Crippen LogP contribution in [0, 0.1) is 12.3 Å². The van der Waals surface area contributed by atoms with E-state index in [-0.39, 0.29) is 5.84 Å². The van der Waals surface area contributed by atoms with E-state index in [9.17, 15) is 0 Å². The second kappa shape index (κ2) is 5.90. The molecule has 3 N–H and O–H groups in total. The van der Waals surface area contributed by atoms with Crippen LogP contribution in [0.3, 0.4) is 0 Å². The maximum Gasteiger partial charge on any atom is 0.125 e. The Hall–Kier alpha value is -1.81. The average Bonchev–Trinajstić information content (AvgIpc) is 2.91. The summed E-state index contributed by atoms with van der Waals surface area (Å²) in [5.74, 6) is 0.970. The molecule has 3 rings (SSSR count). The molecule has 0 unspecified atom stereocenters. The van der Waals surface area contributed by atoms with Crippen LogP contribution in [0.4, 0.5) is 0 Å². The average molecular weight is 297 g/mol. The van der Waals surface area contributed by atoms with E-state index in [0.717, 1.165) is 35.6 Å². The van der Waals surface area contributed by atoms with Crippen molar-refractivity contribution in [2.45, 2.75) is 37.0 Å². The Bertz CT molecular complexity index is 694. The van der Waals surface area contributed by atoms with Gasteiger partial charge in [0.2, 0.25) is 0 Å². The molecule has 21 heavy (non-hydrogen) atoms. The van der Waals surface area contributed by atoms with E-state index >= 15 is 0 Å². The Morgan fingerprint density at radius 3 is 2.95 bits per heavy atom. The molecule has 0 saturated carbocycles. The smallest absolute Gasteiger partial charge is 0.125 e. The van der Waals surface area contributed by atoms with Gasteiger partial charge in [0.1, 0.15) is 10.9 Å². The number of aryl methyl sites for hydroxylation is 3. The van der Waals surface area contributed by atoms with E-state index in [0.29, 0.717) is 0 Å². The predicted octanol–water partition coefficient (Wildman–Crippen LogP) is 3.46. The first kappa shape index (κ1) is 14.1. The quantitative estimate of drug-likeness (QED) is 0.516. The highest BCUT2D eigenvalue weighted by atomic mass is 32.2. The molecule has 108 valence electrons. The zero-order chi connectivity index (χ0) is 14.8. The maximum atomic E-state index is 7.78. The lowest BCUT2D eigenvalue weighted by Crippen LogP contribution is -2.14. The van der Waals surface area contributed by atoms with Gasteiger partial charge in [0.25, 0.3) is 0 Å². The molecular weight excluding hydrogens is 278 g/mol. The molecule has 0 saturated heterocycles. The normalized spacial score (nSPS) is 13.2. The molecule has 1 aliphatic carbocycles. The summed E-state index contributed by atoms with van der Waals surface area (Å²) >= 11 is 1.67. The Kier molecular flexibility index (Phi) is 3.97. The second-order valence-electron chi connectivity index (χ2n) is 5.49. The number of nitrogen functional groups attached to an aromatic ring is 1. The number of nitrogens with two attached hydrogens (primary N) is 1. The topological polar surface area (TPSA) is 62.8 Å². The van der Waals surface area contributed by atoms with Crippen molar-refractivity contribution in [1.29, 1.82) is 5.41 Å². The highest BCUT2D eigenvalue weighted by molar-refractivity contribution is 7.98. The third kappa shape index (κ3) is 3.10. The molecule has 0 amide bonds. The number of nitrogens with one attached hydrogen (secondary N) is 1. The van der Waals surface area contributed by atoms with Gasteiger partial charge in [-0.3, -0.25) is 5.41 Å². The number of thioether (sulfide) groups is 1. The molecule has 0 aliphatic heterocycles. The lowest BCUT2D eigenvalue weighted by molar-refractivity contribution is 0.891. The monoisotopic (exact) mass is 297 g/mol. The van der Waals surface area contributed by atoms with Gasteiger partial charge in [-0.15, -0.1) is 11.8 Å². The minimum atomic E-state index is 0.115. The van der Waals surface area contributed by atoms with Crippen molar-refractivity contribution in [3.8, 4) is 0 Å². The molecule has 1 heterocycles. The Morgan fingerprint density at radius 1 is 1.33 bits per heavy atom. The molecule has 3 nitrogen and oxygen atoms in total. The van der Waals surface area contributed by atoms with Crippen molar-refractivity contribution < 1.29 is 0 Å². The lowest BCUT2D eigenvalue weighted by atomic mass is 10.1. The SMILES string of the molecule is Cc1cccc(CSc2nc3c(cc2C(=N)N)CCC3)c1. The van der Waals surface area contributed by atoms with Crippen molar-refractivity contribution >= 4 is 17.6 Å². The molecule has 0 radical (unpaired) electrons. The zero-order valence-corrected chi connectivity index (χ0v) is 13.0. The van der Waals surface area contributed by atoms with Crippen LogP contribution in [0.2, 0.25) is 0 Å². The summed E-state index contributed by atoms with van der Waals surface area (Å²) in [5, 5.41) is 8.67. The summed E-state index contributed by atoms with van der Waals surface area (Å²) in [6, 6.07) is 10.6. The van der Waals surface area contributed by atoms with Crippen LogP contribution >= 0.6 is 11.8 Å². The molecule has 4 heteroatoms. The van der Waals surface area contributed by atoms with Crippen molar-refractivity contribution in [3.63, 3.8) is 0 Å². The third-order valence-corrected chi connectivity index (χ3v) is 4.83. The summed E-state index contributed by atoms with van der Waals surface area (Å²) in [6.45, 7) is 2.10. The Labute approximate surface area is 129 Å². The van der Waals surface area contributed by atoms with Gasteiger partial charge >= 0.3 is 0 Å². The third-order valence-electron chi connectivity index (χ3n) is 3.76. The van der Waals surface area contributed by atoms with Gasteiger partial charge in [-0.1, -0.05) is 29.8 Å². The number of hydrogen-bond donors (Lipinski definition) is 2. The van der Waals surface area contributed by atoms with Crippen LogP contribution in [-0.2, 0) is 18.6 Å². The number of fused-ring (bicyclic) bond motifs is 1. The van der Waals surface area contributed by atoms with Gasteiger partial charge in [0.15, 0.2) is 0 Å². The molecule has 1 aromatic carbocycles. The fourth-order valence-electron chi connectivity index (χ4n) is 2.71. The number of amidine groups is 1. The Balaban J connectivity index is 1.86. The van der Waals surface area contributed by atoms with E-state index in [1.54, 1.807) is 11.8 Å². The lowest BCUT2D eigenvalue weighted by Gasteiger charge is -2.10. The van der Waals surface area contributed by atoms with Gasteiger partial charge in [-0.05, 0) is 43.4 Å². The summed E-state index contributed by atoms with van der Waals surface area (Å²) in [4.78, 5) is 4.75. The van der Waals surface area contributed by atoms with Crippen LogP contribution < -0.4 is 5.73 Å². The van der Waals surface area contributed by atoms with E-state index < -0.39 is 0 Å². The first-order valence-corrected chi connectivity index (χ1v) is 8.17.